The Morgan fingerprint density at radius 1 is 1.15 bits per heavy atom. The van der Waals surface area contributed by atoms with E-state index in [4.69, 9.17) is 13.9 Å². The second-order valence-corrected chi connectivity index (χ2v) is 7.86. The van der Waals surface area contributed by atoms with Gasteiger partial charge in [-0.15, -0.1) is 0 Å². The maximum Gasteiger partial charge on any atom is 0.423 e. The molecular weight excluding hydrogens is 441 g/mol. The topological polar surface area (TPSA) is 98.5 Å². The number of benzene rings is 1. The second kappa shape index (κ2) is 9.39. The Kier molecular flexibility index (Phi) is 6.80. The highest BCUT2D eigenvalue weighted by Gasteiger charge is 2.40. The number of oxazole rings is 1. The Balaban J connectivity index is 1.95. The van der Waals surface area contributed by atoms with E-state index in [9.17, 15) is 18.0 Å². The van der Waals surface area contributed by atoms with Gasteiger partial charge >= 0.3 is 12.3 Å². The molecule has 2 aromatic heterocycles. The summed E-state index contributed by atoms with van der Waals surface area (Å²) < 4.78 is 56.9. The van der Waals surface area contributed by atoms with Crippen LogP contribution in [0.4, 0.5) is 35.2 Å². The molecule has 0 saturated carbocycles. The summed E-state index contributed by atoms with van der Waals surface area (Å²) in [4.78, 5) is 20.0. The Labute approximate surface area is 188 Å². The first kappa shape index (κ1) is 23.9. The fraction of sp³-hybridized carbons (Fsp3) is 0.318. The van der Waals surface area contributed by atoms with Gasteiger partial charge in [-0.2, -0.15) is 18.2 Å². The van der Waals surface area contributed by atoms with Crippen molar-refractivity contribution >= 4 is 23.3 Å². The number of alkyl halides is 3. The monoisotopic (exact) mass is 464 g/mol. The van der Waals surface area contributed by atoms with Crippen molar-refractivity contribution in [3.8, 4) is 17.2 Å². The van der Waals surface area contributed by atoms with E-state index in [1.54, 1.807) is 51.2 Å². The van der Waals surface area contributed by atoms with E-state index in [0.29, 0.717) is 11.4 Å². The lowest BCUT2D eigenvalue weighted by atomic mass is 10.1. The van der Waals surface area contributed by atoms with Crippen LogP contribution in [0.15, 0.2) is 47.3 Å². The fourth-order valence-electron chi connectivity index (χ4n) is 2.84. The van der Waals surface area contributed by atoms with E-state index < -0.39 is 35.0 Å². The van der Waals surface area contributed by atoms with Crippen LogP contribution in [-0.2, 0) is 10.9 Å². The lowest BCUT2D eigenvalue weighted by Gasteiger charge is -2.22. The average molecular weight is 464 g/mol. The molecule has 0 radical (unpaired) electrons. The van der Waals surface area contributed by atoms with Crippen LogP contribution in [0.25, 0.3) is 11.3 Å². The highest BCUT2D eigenvalue weighted by atomic mass is 19.4. The molecule has 0 bridgehead atoms. The minimum absolute atomic E-state index is 0.0323. The summed E-state index contributed by atoms with van der Waals surface area (Å²) in [5.74, 6) is -0.0686. The van der Waals surface area contributed by atoms with Gasteiger partial charge in [0.1, 0.15) is 17.0 Å². The van der Waals surface area contributed by atoms with Crippen molar-refractivity contribution in [3.05, 3.63) is 48.5 Å². The number of anilines is 3. The van der Waals surface area contributed by atoms with Crippen LogP contribution in [0.5, 0.6) is 5.88 Å². The lowest BCUT2D eigenvalue weighted by molar-refractivity contribution is -0.138. The first-order valence-electron chi connectivity index (χ1n) is 9.97. The zero-order valence-corrected chi connectivity index (χ0v) is 18.4. The third kappa shape index (κ3) is 6.37. The van der Waals surface area contributed by atoms with Crippen LogP contribution in [0.1, 0.15) is 33.3 Å². The molecule has 3 rings (SSSR count). The number of amides is 1. The van der Waals surface area contributed by atoms with Crippen LogP contribution < -0.4 is 15.4 Å². The van der Waals surface area contributed by atoms with Crippen molar-refractivity contribution in [2.45, 2.75) is 39.5 Å². The Morgan fingerprint density at radius 3 is 2.39 bits per heavy atom. The first-order valence-corrected chi connectivity index (χ1v) is 9.97. The second-order valence-electron chi connectivity index (χ2n) is 7.86. The van der Waals surface area contributed by atoms with Gasteiger partial charge in [-0.05, 0) is 52.0 Å². The van der Waals surface area contributed by atoms with Crippen LogP contribution in [0.2, 0.25) is 0 Å². The van der Waals surface area contributed by atoms with E-state index in [2.05, 4.69) is 20.6 Å². The number of ether oxygens (including phenoxy) is 2. The number of rotatable bonds is 6. The quantitative estimate of drug-likeness (QED) is 0.445. The van der Waals surface area contributed by atoms with Crippen LogP contribution in [0.3, 0.4) is 0 Å². The summed E-state index contributed by atoms with van der Waals surface area (Å²) in [6.07, 6.45) is -3.01. The van der Waals surface area contributed by atoms with Gasteiger partial charge in [0.2, 0.25) is 5.88 Å². The number of carbonyl (C=O) groups excluding carboxylic acids is 1. The van der Waals surface area contributed by atoms with Crippen molar-refractivity contribution in [1.82, 2.24) is 9.97 Å². The minimum atomic E-state index is -4.83. The molecule has 8 nitrogen and oxygen atoms in total. The number of nitrogens with zero attached hydrogens (tertiary/aromatic N) is 2. The number of pyridine rings is 1. The highest BCUT2D eigenvalue weighted by Crippen LogP contribution is 2.42. The molecule has 2 N–H and O–H groups in total. The predicted octanol–water partition coefficient (Wildman–Crippen LogP) is 6.24. The molecule has 0 aliphatic carbocycles. The van der Waals surface area contributed by atoms with Crippen molar-refractivity contribution in [1.29, 1.82) is 0 Å². The number of nitrogens with one attached hydrogen (secondary N) is 2. The SMILES string of the molecule is CCOc1nc(Nc2ccc(-c3cnco3)cc2)cc(NC(=O)OC(C)(C)C)c1C(F)(F)F. The number of hydrogen-bond donors (Lipinski definition) is 2. The Morgan fingerprint density at radius 2 is 1.85 bits per heavy atom. The molecule has 1 amide bonds. The normalized spacial score (nSPS) is 11.7. The summed E-state index contributed by atoms with van der Waals surface area (Å²) in [5.41, 5.74) is -1.35. The highest BCUT2D eigenvalue weighted by molar-refractivity contribution is 5.87. The molecule has 11 heteroatoms. The van der Waals surface area contributed by atoms with Gasteiger partial charge in [0, 0.05) is 17.3 Å². The molecule has 0 aliphatic heterocycles. The van der Waals surface area contributed by atoms with E-state index in [-0.39, 0.29) is 12.4 Å². The smallest absolute Gasteiger partial charge is 0.423 e. The van der Waals surface area contributed by atoms with Gasteiger partial charge < -0.3 is 19.2 Å². The number of carbonyl (C=O) groups is 1. The van der Waals surface area contributed by atoms with E-state index in [1.165, 1.54) is 13.3 Å². The fourth-order valence-corrected chi connectivity index (χ4v) is 2.84. The van der Waals surface area contributed by atoms with E-state index in [0.717, 1.165) is 11.6 Å². The molecule has 3 aromatic rings. The van der Waals surface area contributed by atoms with Crippen LogP contribution in [-0.4, -0.2) is 28.3 Å². The van der Waals surface area contributed by atoms with Crippen LogP contribution in [0, 0.1) is 0 Å². The zero-order chi connectivity index (χ0) is 24.2. The maximum absolute atomic E-state index is 13.8. The summed E-state index contributed by atoms with van der Waals surface area (Å²) in [7, 11) is 0. The zero-order valence-electron chi connectivity index (χ0n) is 18.4. The molecule has 0 saturated heterocycles. The molecule has 0 atom stereocenters. The number of aromatic nitrogens is 2. The minimum Gasteiger partial charge on any atom is -0.477 e. The Hall–Kier alpha value is -3.76. The summed E-state index contributed by atoms with van der Waals surface area (Å²) >= 11 is 0. The van der Waals surface area contributed by atoms with Crippen molar-refractivity contribution in [2.24, 2.45) is 0 Å². The molecule has 0 unspecified atom stereocenters. The van der Waals surface area contributed by atoms with Crippen molar-refractivity contribution < 1.29 is 31.9 Å². The summed E-state index contributed by atoms with van der Waals surface area (Å²) in [6.45, 7) is 6.28. The number of hydrogen-bond acceptors (Lipinski definition) is 7. The number of halogens is 3. The largest absolute Gasteiger partial charge is 0.477 e. The van der Waals surface area contributed by atoms with Crippen molar-refractivity contribution in [3.63, 3.8) is 0 Å². The summed E-state index contributed by atoms with van der Waals surface area (Å²) in [6, 6.07) is 7.95. The molecule has 2 heterocycles. The lowest BCUT2D eigenvalue weighted by Crippen LogP contribution is -2.28. The molecular formula is C22H23F3N4O4. The molecule has 176 valence electrons. The van der Waals surface area contributed by atoms with Gasteiger partial charge in [-0.1, -0.05) is 0 Å². The van der Waals surface area contributed by atoms with E-state index >= 15 is 0 Å². The van der Waals surface area contributed by atoms with Gasteiger partial charge in [0.25, 0.3) is 0 Å². The Bertz CT molecular complexity index is 1090. The molecule has 0 spiro atoms. The molecule has 1 aromatic carbocycles. The van der Waals surface area contributed by atoms with Gasteiger partial charge in [0.15, 0.2) is 12.2 Å². The molecule has 0 fully saturated rings. The van der Waals surface area contributed by atoms with E-state index in [1.807, 2.05) is 0 Å². The standard InChI is InChI=1S/C22H23F3N4O4/c1-5-31-19-18(22(23,24)25)15(28-20(30)33-21(2,3)4)10-17(29-19)27-14-8-6-13(7-9-14)16-11-26-12-32-16/h6-12H,5H2,1-4H3,(H2,27,28,29,30). The van der Waals surface area contributed by atoms with Gasteiger partial charge in [-0.25, -0.2) is 9.78 Å². The predicted molar refractivity (Wildman–Crippen MR) is 115 cm³/mol. The molecule has 0 aliphatic rings. The van der Waals surface area contributed by atoms with Crippen molar-refractivity contribution in [2.75, 3.05) is 17.2 Å². The average Bonchev–Trinajstić information content (AvgIpc) is 3.21. The summed E-state index contributed by atoms with van der Waals surface area (Å²) in [5, 5.41) is 5.08. The third-order valence-corrected chi connectivity index (χ3v) is 4.06. The maximum atomic E-state index is 13.8. The van der Waals surface area contributed by atoms with Gasteiger partial charge in [0.05, 0.1) is 18.5 Å². The third-order valence-electron chi connectivity index (χ3n) is 4.06. The van der Waals surface area contributed by atoms with Gasteiger partial charge in [-0.3, -0.25) is 5.32 Å². The first-order chi connectivity index (χ1) is 15.5. The molecule has 33 heavy (non-hydrogen) atoms. The van der Waals surface area contributed by atoms with Crippen LogP contribution >= 0.6 is 0 Å².